The average Bonchev–Trinajstić information content (AvgIpc) is 2.10. The zero-order valence-electron chi connectivity index (χ0n) is 7.58. The second kappa shape index (κ2) is 8.05. The zero-order valence-corrected chi connectivity index (χ0v) is 7.58. The maximum Gasteiger partial charge on any atom is 0.330 e. The van der Waals surface area contributed by atoms with Crippen molar-refractivity contribution >= 4 is 5.97 Å². The molecule has 2 nitrogen and oxygen atoms in total. The van der Waals surface area contributed by atoms with Crippen molar-refractivity contribution in [3.8, 4) is 0 Å². The van der Waals surface area contributed by atoms with Gasteiger partial charge in [0, 0.05) is 6.08 Å². The molecule has 0 rings (SSSR count). The summed E-state index contributed by atoms with van der Waals surface area (Å²) in [6.07, 6.45) is 8.34. The molecule has 0 fully saturated rings. The first kappa shape index (κ1) is 11.0. The van der Waals surface area contributed by atoms with Crippen LogP contribution in [0.1, 0.15) is 26.2 Å². The highest BCUT2D eigenvalue weighted by Gasteiger charge is 1.91. The van der Waals surface area contributed by atoms with Crippen molar-refractivity contribution in [2.75, 3.05) is 6.61 Å². The van der Waals surface area contributed by atoms with Crippen LogP contribution in [-0.2, 0) is 9.53 Å². The Kier molecular flexibility index (Phi) is 7.35. The third-order valence-electron chi connectivity index (χ3n) is 1.32. The molecule has 0 aromatic carbocycles. The molecule has 0 spiro atoms. The minimum absolute atomic E-state index is 0.348. The first-order valence-electron chi connectivity index (χ1n) is 4.25. The van der Waals surface area contributed by atoms with Gasteiger partial charge >= 0.3 is 5.97 Å². The fourth-order valence-corrected chi connectivity index (χ4v) is 0.689. The molecule has 2 heteroatoms. The summed E-state index contributed by atoms with van der Waals surface area (Å²) in [5, 5.41) is 0. The van der Waals surface area contributed by atoms with Crippen molar-refractivity contribution in [2.45, 2.75) is 26.2 Å². The Balaban J connectivity index is 3.20. The molecule has 0 heterocycles. The number of esters is 1. The van der Waals surface area contributed by atoms with Gasteiger partial charge in [-0.3, -0.25) is 0 Å². The van der Waals surface area contributed by atoms with E-state index in [2.05, 4.69) is 19.6 Å². The molecule has 68 valence electrons. The molecule has 0 saturated carbocycles. The first-order chi connectivity index (χ1) is 5.81. The van der Waals surface area contributed by atoms with E-state index in [1.165, 1.54) is 6.08 Å². The van der Waals surface area contributed by atoms with Crippen LogP contribution in [0, 0.1) is 0 Å². The Morgan fingerprint density at radius 2 is 2.08 bits per heavy atom. The van der Waals surface area contributed by atoms with Crippen LogP contribution in [0.3, 0.4) is 0 Å². The smallest absolute Gasteiger partial charge is 0.330 e. The summed E-state index contributed by atoms with van der Waals surface area (Å²) in [4.78, 5) is 10.5. The maximum atomic E-state index is 10.5. The zero-order chi connectivity index (χ0) is 9.23. The molecule has 0 aromatic rings. The Morgan fingerprint density at radius 3 is 2.67 bits per heavy atom. The van der Waals surface area contributed by atoms with Gasteiger partial charge in [-0.05, 0) is 12.8 Å². The molecule has 0 bridgehead atoms. The standard InChI is InChI=1S/C10H16O2/c1-3-5-6-7-8-9-12-10(11)4-2/h4,6-7H,2-3,5,8-9H2,1H3. The normalized spacial score (nSPS) is 10.1. The Bertz CT molecular complexity index is 159. The summed E-state index contributed by atoms with van der Waals surface area (Å²) in [7, 11) is 0. The minimum atomic E-state index is -0.348. The van der Waals surface area contributed by atoms with Crippen molar-refractivity contribution in [1.82, 2.24) is 0 Å². The summed E-state index contributed by atoms with van der Waals surface area (Å²) < 4.78 is 4.76. The van der Waals surface area contributed by atoms with Crippen molar-refractivity contribution in [3.63, 3.8) is 0 Å². The van der Waals surface area contributed by atoms with Crippen LogP contribution in [-0.4, -0.2) is 12.6 Å². The topological polar surface area (TPSA) is 26.3 Å². The Morgan fingerprint density at radius 1 is 1.42 bits per heavy atom. The molecule has 0 radical (unpaired) electrons. The summed E-state index contributed by atoms with van der Waals surface area (Å²) >= 11 is 0. The van der Waals surface area contributed by atoms with Gasteiger partial charge in [0.1, 0.15) is 0 Å². The average molecular weight is 168 g/mol. The minimum Gasteiger partial charge on any atom is -0.462 e. The van der Waals surface area contributed by atoms with Crippen LogP contribution < -0.4 is 0 Å². The van der Waals surface area contributed by atoms with E-state index in [1.54, 1.807) is 0 Å². The second-order valence-electron chi connectivity index (χ2n) is 2.42. The van der Waals surface area contributed by atoms with E-state index in [1.807, 2.05) is 6.08 Å². The lowest BCUT2D eigenvalue weighted by molar-refractivity contribution is -0.137. The van der Waals surface area contributed by atoms with Crippen molar-refractivity contribution in [2.24, 2.45) is 0 Å². The van der Waals surface area contributed by atoms with Gasteiger partial charge in [0.05, 0.1) is 6.61 Å². The van der Waals surface area contributed by atoms with Crippen LogP contribution in [0.5, 0.6) is 0 Å². The third-order valence-corrected chi connectivity index (χ3v) is 1.32. The lowest BCUT2D eigenvalue weighted by Gasteiger charge is -1.96. The predicted octanol–water partition coefficient (Wildman–Crippen LogP) is 2.46. The monoisotopic (exact) mass is 168 g/mol. The molecule has 12 heavy (non-hydrogen) atoms. The van der Waals surface area contributed by atoms with Crippen LogP contribution in [0.25, 0.3) is 0 Å². The number of ether oxygens (including phenoxy) is 1. The van der Waals surface area contributed by atoms with Crippen LogP contribution in [0.4, 0.5) is 0 Å². The van der Waals surface area contributed by atoms with Crippen LogP contribution in [0.15, 0.2) is 24.8 Å². The first-order valence-corrected chi connectivity index (χ1v) is 4.25. The maximum absolute atomic E-state index is 10.5. The van der Waals surface area contributed by atoms with E-state index in [9.17, 15) is 4.79 Å². The summed E-state index contributed by atoms with van der Waals surface area (Å²) in [6, 6.07) is 0. The predicted molar refractivity (Wildman–Crippen MR) is 49.8 cm³/mol. The Labute approximate surface area is 73.9 Å². The van der Waals surface area contributed by atoms with Crippen molar-refractivity contribution < 1.29 is 9.53 Å². The molecule has 0 unspecified atom stereocenters. The number of rotatable bonds is 6. The quantitative estimate of drug-likeness (QED) is 0.263. The van der Waals surface area contributed by atoms with E-state index in [0.29, 0.717) is 6.61 Å². The van der Waals surface area contributed by atoms with Gasteiger partial charge in [0.15, 0.2) is 0 Å². The molecule has 0 amide bonds. The second-order valence-corrected chi connectivity index (χ2v) is 2.42. The molecule has 0 saturated heterocycles. The van der Waals surface area contributed by atoms with E-state index in [0.717, 1.165) is 19.3 Å². The number of hydrogen-bond donors (Lipinski definition) is 0. The summed E-state index contributed by atoms with van der Waals surface area (Å²) in [5.74, 6) is -0.348. The van der Waals surface area contributed by atoms with Crippen molar-refractivity contribution in [3.05, 3.63) is 24.8 Å². The number of allylic oxidation sites excluding steroid dienone is 1. The third kappa shape index (κ3) is 7.06. The van der Waals surface area contributed by atoms with Gasteiger partial charge in [0.25, 0.3) is 0 Å². The number of unbranched alkanes of at least 4 members (excludes halogenated alkanes) is 1. The van der Waals surface area contributed by atoms with E-state index < -0.39 is 0 Å². The summed E-state index contributed by atoms with van der Waals surface area (Å²) in [6.45, 7) is 5.87. The van der Waals surface area contributed by atoms with Crippen molar-refractivity contribution in [1.29, 1.82) is 0 Å². The molecular formula is C10H16O2. The summed E-state index contributed by atoms with van der Waals surface area (Å²) in [5.41, 5.74) is 0. The number of hydrogen-bond acceptors (Lipinski definition) is 2. The SMILES string of the molecule is C=CC(=O)OCCC=CCCC. The number of carbonyl (C=O) groups excluding carboxylic acids is 1. The molecule has 0 N–H and O–H groups in total. The molecule has 0 aromatic heterocycles. The van der Waals surface area contributed by atoms with Gasteiger partial charge in [-0.1, -0.05) is 32.1 Å². The van der Waals surface area contributed by atoms with E-state index >= 15 is 0 Å². The van der Waals surface area contributed by atoms with Gasteiger partial charge in [-0.15, -0.1) is 0 Å². The van der Waals surface area contributed by atoms with Gasteiger partial charge in [0.2, 0.25) is 0 Å². The van der Waals surface area contributed by atoms with Gasteiger partial charge in [-0.25, -0.2) is 4.79 Å². The highest BCUT2D eigenvalue weighted by molar-refractivity contribution is 5.81. The molecule has 0 atom stereocenters. The molecular weight excluding hydrogens is 152 g/mol. The van der Waals surface area contributed by atoms with Crippen LogP contribution >= 0.6 is 0 Å². The van der Waals surface area contributed by atoms with Gasteiger partial charge in [-0.2, -0.15) is 0 Å². The lowest BCUT2D eigenvalue weighted by Crippen LogP contribution is -2.00. The fraction of sp³-hybridized carbons (Fsp3) is 0.500. The molecule has 0 aliphatic heterocycles. The fourth-order valence-electron chi connectivity index (χ4n) is 0.689. The highest BCUT2D eigenvalue weighted by Crippen LogP contribution is 1.92. The van der Waals surface area contributed by atoms with E-state index in [-0.39, 0.29) is 5.97 Å². The largest absolute Gasteiger partial charge is 0.462 e. The Hall–Kier alpha value is -1.05. The van der Waals surface area contributed by atoms with Crippen LogP contribution in [0.2, 0.25) is 0 Å². The van der Waals surface area contributed by atoms with E-state index in [4.69, 9.17) is 4.74 Å². The molecule has 0 aliphatic carbocycles. The number of carbonyl (C=O) groups is 1. The van der Waals surface area contributed by atoms with Gasteiger partial charge < -0.3 is 4.74 Å². The highest BCUT2D eigenvalue weighted by atomic mass is 16.5. The molecule has 0 aliphatic rings. The lowest BCUT2D eigenvalue weighted by atomic mass is 10.3.